The minimum absolute atomic E-state index is 0.0866. The molecule has 1 N–H and O–H groups in total. The fourth-order valence-electron chi connectivity index (χ4n) is 2.12. The van der Waals surface area contributed by atoms with Crippen molar-refractivity contribution >= 4 is 5.91 Å². The second-order valence-electron chi connectivity index (χ2n) is 4.13. The standard InChI is InChI=1S/C12H15NO2/c1-9-7-11(8-12(14)13(9)15)10-5-3-2-4-6-10/h2-6,9,11,15H,7-8H2,1H3/t9-,11+/m0/s1. The molecule has 1 amide bonds. The van der Waals surface area contributed by atoms with Gasteiger partial charge in [0.1, 0.15) is 0 Å². The first-order valence-electron chi connectivity index (χ1n) is 5.24. The molecule has 1 saturated heterocycles. The molecule has 1 aliphatic heterocycles. The van der Waals surface area contributed by atoms with Crippen LogP contribution in [0.4, 0.5) is 0 Å². The number of rotatable bonds is 1. The summed E-state index contributed by atoms with van der Waals surface area (Å²) in [6.07, 6.45) is 1.23. The van der Waals surface area contributed by atoms with E-state index in [1.807, 2.05) is 37.3 Å². The van der Waals surface area contributed by atoms with Crippen LogP contribution in [-0.4, -0.2) is 22.2 Å². The third-order valence-electron chi connectivity index (χ3n) is 2.99. The van der Waals surface area contributed by atoms with E-state index in [2.05, 4.69) is 0 Å². The summed E-state index contributed by atoms with van der Waals surface area (Å²) in [6.45, 7) is 1.87. The zero-order valence-electron chi connectivity index (χ0n) is 8.76. The number of amides is 1. The van der Waals surface area contributed by atoms with E-state index in [0.29, 0.717) is 6.42 Å². The Bertz CT molecular complexity index is 350. The van der Waals surface area contributed by atoms with E-state index in [0.717, 1.165) is 11.5 Å². The fraction of sp³-hybridized carbons (Fsp3) is 0.417. The molecule has 0 unspecified atom stereocenters. The van der Waals surface area contributed by atoms with Gasteiger partial charge in [-0.1, -0.05) is 30.3 Å². The highest BCUT2D eigenvalue weighted by atomic mass is 16.5. The molecule has 1 heterocycles. The largest absolute Gasteiger partial charge is 0.286 e. The molecule has 0 aliphatic carbocycles. The van der Waals surface area contributed by atoms with Crippen molar-refractivity contribution in [2.24, 2.45) is 0 Å². The number of hydroxylamine groups is 2. The number of piperidine rings is 1. The van der Waals surface area contributed by atoms with E-state index in [1.165, 1.54) is 5.56 Å². The van der Waals surface area contributed by atoms with Crippen molar-refractivity contribution < 1.29 is 10.0 Å². The lowest BCUT2D eigenvalue weighted by Gasteiger charge is -2.32. The van der Waals surface area contributed by atoms with Crippen LogP contribution in [-0.2, 0) is 4.79 Å². The third-order valence-corrected chi connectivity index (χ3v) is 2.99. The SMILES string of the molecule is C[C@H]1C[C@@H](c2ccccc2)CC(=O)N1O. The van der Waals surface area contributed by atoms with Gasteiger partial charge in [0.15, 0.2) is 0 Å². The number of hydrogen-bond acceptors (Lipinski definition) is 2. The van der Waals surface area contributed by atoms with Crippen LogP contribution in [0.2, 0.25) is 0 Å². The lowest BCUT2D eigenvalue weighted by Crippen LogP contribution is -2.41. The summed E-state index contributed by atoms with van der Waals surface area (Å²) in [5.41, 5.74) is 1.19. The second-order valence-corrected chi connectivity index (χ2v) is 4.13. The average Bonchev–Trinajstić information content (AvgIpc) is 2.26. The van der Waals surface area contributed by atoms with Gasteiger partial charge < -0.3 is 0 Å². The van der Waals surface area contributed by atoms with E-state index in [1.54, 1.807) is 0 Å². The first kappa shape index (κ1) is 10.2. The van der Waals surface area contributed by atoms with Crippen molar-refractivity contribution in [2.75, 3.05) is 0 Å². The van der Waals surface area contributed by atoms with Crippen LogP contribution in [0.15, 0.2) is 30.3 Å². The number of carbonyl (C=O) groups excluding carboxylic acids is 1. The molecule has 1 aromatic carbocycles. The molecule has 2 rings (SSSR count). The highest BCUT2D eigenvalue weighted by Crippen LogP contribution is 2.30. The number of nitrogens with zero attached hydrogens (tertiary/aromatic N) is 1. The molecule has 15 heavy (non-hydrogen) atoms. The molecule has 2 atom stereocenters. The van der Waals surface area contributed by atoms with Gasteiger partial charge in [-0.05, 0) is 24.8 Å². The maximum Gasteiger partial charge on any atom is 0.246 e. The molecule has 0 radical (unpaired) electrons. The Balaban J connectivity index is 2.16. The number of carbonyl (C=O) groups is 1. The first-order valence-corrected chi connectivity index (χ1v) is 5.24. The monoisotopic (exact) mass is 205 g/mol. The Kier molecular flexibility index (Phi) is 2.73. The first-order chi connectivity index (χ1) is 7.18. The van der Waals surface area contributed by atoms with Crippen LogP contribution in [0, 0.1) is 0 Å². The minimum atomic E-state index is -0.178. The van der Waals surface area contributed by atoms with E-state index in [4.69, 9.17) is 0 Å². The summed E-state index contributed by atoms with van der Waals surface area (Å²) in [4.78, 5) is 11.5. The second kappa shape index (κ2) is 4.03. The Morgan fingerprint density at radius 1 is 1.33 bits per heavy atom. The Morgan fingerprint density at radius 3 is 2.60 bits per heavy atom. The van der Waals surface area contributed by atoms with Crippen molar-refractivity contribution in [1.29, 1.82) is 0 Å². The zero-order chi connectivity index (χ0) is 10.8. The Hall–Kier alpha value is -1.35. The molecule has 0 aromatic heterocycles. The van der Waals surface area contributed by atoms with Crippen molar-refractivity contribution in [2.45, 2.75) is 31.7 Å². The van der Waals surface area contributed by atoms with Crippen LogP contribution in [0.1, 0.15) is 31.2 Å². The predicted octanol–water partition coefficient (Wildman–Crippen LogP) is 2.17. The third kappa shape index (κ3) is 2.02. The topological polar surface area (TPSA) is 40.5 Å². The number of benzene rings is 1. The average molecular weight is 205 g/mol. The van der Waals surface area contributed by atoms with Gasteiger partial charge in [-0.15, -0.1) is 0 Å². The van der Waals surface area contributed by atoms with E-state index >= 15 is 0 Å². The summed E-state index contributed by atoms with van der Waals surface area (Å²) in [6, 6.07) is 9.92. The van der Waals surface area contributed by atoms with Crippen LogP contribution < -0.4 is 0 Å². The van der Waals surface area contributed by atoms with Crippen LogP contribution in [0.25, 0.3) is 0 Å². The van der Waals surface area contributed by atoms with Crippen molar-refractivity contribution in [3.63, 3.8) is 0 Å². The van der Waals surface area contributed by atoms with Crippen LogP contribution >= 0.6 is 0 Å². The maximum absolute atomic E-state index is 11.5. The van der Waals surface area contributed by atoms with Gasteiger partial charge in [0, 0.05) is 6.42 Å². The molecule has 1 fully saturated rings. The van der Waals surface area contributed by atoms with Gasteiger partial charge in [0.05, 0.1) is 6.04 Å². The van der Waals surface area contributed by atoms with Gasteiger partial charge in [-0.2, -0.15) is 0 Å². The molecule has 80 valence electrons. The highest BCUT2D eigenvalue weighted by molar-refractivity contribution is 5.77. The van der Waals surface area contributed by atoms with Gasteiger partial charge >= 0.3 is 0 Å². The van der Waals surface area contributed by atoms with Gasteiger partial charge in [-0.3, -0.25) is 10.0 Å². The summed E-state index contributed by atoms with van der Waals surface area (Å²) < 4.78 is 0. The van der Waals surface area contributed by atoms with Gasteiger partial charge in [-0.25, -0.2) is 5.06 Å². The lowest BCUT2D eigenvalue weighted by molar-refractivity contribution is -0.181. The Labute approximate surface area is 89.3 Å². The molecule has 0 spiro atoms. The van der Waals surface area contributed by atoms with Gasteiger partial charge in [0.2, 0.25) is 5.91 Å². The molecule has 1 aliphatic rings. The molecule has 0 bridgehead atoms. The summed E-state index contributed by atoms with van der Waals surface area (Å²) >= 11 is 0. The summed E-state index contributed by atoms with van der Waals surface area (Å²) in [5, 5.41) is 10.3. The highest BCUT2D eigenvalue weighted by Gasteiger charge is 2.30. The minimum Gasteiger partial charge on any atom is -0.286 e. The lowest BCUT2D eigenvalue weighted by atomic mass is 9.86. The smallest absolute Gasteiger partial charge is 0.246 e. The normalized spacial score (nSPS) is 26.8. The molecule has 3 heteroatoms. The quantitative estimate of drug-likeness (QED) is 0.714. The van der Waals surface area contributed by atoms with Crippen molar-refractivity contribution in [3.05, 3.63) is 35.9 Å². The Morgan fingerprint density at radius 2 is 2.00 bits per heavy atom. The maximum atomic E-state index is 11.5. The zero-order valence-corrected chi connectivity index (χ0v) is 8.76. The fourth-order valence-corrected chi connectivity index (χ4v) is 2.12. The van der Waals surface area contributed by atoms with Crippen LogP contribution in [0.5, 0.6) is 0 Å². The van der Waals surface area contributed by atoms with E-state index in [-0.39, 0.29) is 17.9 Å². The van der Waals surface area contributed by atoms with E-state index < -0.39 is 0 Å². The summed E-state index contributed by atoms with van der Waals surface area (Å²) in [7, 11) is 0. The molecular formula is C12H15NO2. The molecular weight excluding hydrogens is 190 g/mol. The molecule has 0 saturated carbocycles. The van der Waals surface area contributed by atoms with Crippen molar-refractivity contribution in [1.82, 2.24) is 5.06 Å². The molecule has 1 aromatic rings. The molecule has 3 nitrogen and oxygen atoms in total. The summed E-state index contributed by atoms with van der Waals surface area (Å²) in [5.74, 6) is 0.0692. The van der Waals surface area contributed by atoms with Crippen LogP contribution in [0.3, 0.4) is 0 Å². The van der Waals surface area contributed by atoms with Gasteiger partial charge in [0.25, 0.3) is 0 Å². The van der Waals surface area contributed by atoms with Crippen molar-refractivity contribution in [3.8, 4) is 0 Å². The number of hydrogen-bond donors (Lipinski definition) is 1. The predicted molar refractivity (Wildman–Crippen MR) is 56.5 cm³/mol. The van der Waals surface area contributed by atoms with E-state index in [9.17, 15) is 10.0 Å².